The van der Waals surface area contributed by atoms with Crippen molar-refractivity contribution in [3.63, 3.8) is 0 Å². The van der Waals surface area contributed by atoms with E-state index in [0.29, 0.717) is 23.9 Å². The molecule has 9 nitrogen and oxygen atoms in total. The van der Waals surface area contributed by atoms with Crippen LogP contribution >= 0.6 is 7.82 Å². The van der Waals surface area contributed by atoms with Crippen molar-refractivity contribution >= 4 is 19.7 Å². The van der Waals surface area contributed by atoms with Crippen LogP contribution in [0, 0.1) is 0 Å². The minimum Gasteiger partial charge on any atom is -0.756 e. The fourth-order valence-corrected chi connectivity index (χ4v) is 9.81. The first-order valence-electron chi connectivity index (χ1n) is 33.2. The van der Waals surface area contributed by atoms with Crippen LogP contribution in [0.2, 0.25) is 0 Å². The summed E-state index contributed by atoms with van der Waals surface area (Å²) < 4.78 is 30.4. The highest BCUT2D eigenvalue weighted by Gasteiger charge is 2.27. The number of ether oxygens (including phenoxy) is 1. The van der Waals surface area contributed by atoms with Gasteiger partial charge in [-0.3, -0.25) is 14.2 Å². The summed E-state index contributed by atoms with van der Waals surface area (Å²) in [5.74, 6) is -0.573. The zero-order chi connectivity index (χ0) is 59.3. The molecule has 0 aromatic carbocycles. The second kappa shape index (κ2) is 59.8. The smallest absolute Gasteiger partial charge is 0.306 e. The van der Waals surface area contributed by atoms with Gasteiger partial charge in [-0.05, 0) is 115 Å². The van der Waals surface area contributed by atoms with Crippen molar-refractivity contribution in [2.45, 2.75) is 290 Å². The molecule has 0 saturated carbocycles. The molecule has 0 aliphatic carbocycles. The molecule has 0 bridgehead atoms. The van der Waals surface area contributed by atoms with Crippen LogP contribution in [0.15, 0.2) is 109 Å². The Balaban J connectivity index is 5.28. The number of carbonyl (C=O) groups is 2. The third kappa shape index (κ3) is 61.1. The van der Waals surface area contributed by atoms with Gasteiger partial charge in [0.1, 0.15) is 19.3 Å². The van der Waals surface area contributed by atoms with Gasteiger partial charge < -0.3 is 28.5 Å². The van der Waals surface area contributed by atoms with E-state index in [1.807, 2.05) is 33.3 Å². The molecule has 466 valence electrons. The van der Waals surface area contributed by atoms with Gasteiger partial charge in [-0.2, -0.15) is 0 Å². The molecule has 0 heterocycles. The van der Waals surface area contributed by atoms with Gasteiger partial charge in [0.25, 0.3) is 7.82 Å². The lowest BCUT2D eigenvalue weighted by molar-refractivity contribution is -0.870. The van der Waals surface area contributed by atoms with Crippen molar-refractivity contribution in [3.05, 3.63) is 109 Å². The number of allylic oxidation sites excluding steroid dienone is 17. The molecule has 81 heavy (non-hydrogen) atoms. The molecule has 0 spiro atoms. The highest BCUT2D eigenvalue weighted by atomic mass is 31.2. The standard InChI is InChI=1S/C71H125N2O7P/c1-7-10-13-16-19-22-25-28-30-32-34-36-38-40-42-45-48-51-54-57-60-63-70(74)72-68(67-79-81(76,77)78-66-65-73(4,5)6)69(62-59-56-53-50-47-44-27-24-21-18-15-12-9-3)80-71(75)64-61-58-55-52-49-46-43-41-39-37-35-33-31-29-26-23-20-17-14-11-8-2/h11,14,19-20,22-23,28-31,34-37,41,43,59,62,68-69H,7-10,12-13,15-18,21,24-27,32-33,38-40,42,44-58,60-61,63-67H2,1-6H3,(H-,72,74,76,77)/b14-11-,22-19-,23-20-,30-28-,31-29-,36-34-,37-35-,43-41-,62-59+. The summed E-state index contributed by atoms with van der Waals surface area (Å²) in [7, 11) is 1.16. The van der Waals surface area contributed by atoms with Gasteiger partial charge >= 0.3 is 5.97 Å². The highest BCUT2D eigenvalue weighted by Crippen LogP contribution is 2.38. The van der Waals surface area contributed by atoms with E-state index >= 15 is 0 Å². The van der Waals surface area contributed by atoms with Crippen molar-refractivity contribution in [2.24, 2.45) is 0 Å². The Morgan fingerprint density at radius 2 is 0.790 bits per heavy atom. The fraction of sp³-hybridized carbons (Fsp3) is 0.718. The number of esters is 1. The van der Waals surface area contributed by atoms with Crippen LogP contribution in [0.4, 0.5) is 0 Å². The van der Waals surface area contributed by atoms with Crippen molar-refractivity contribution < 1.29 is 37.3 Å². The summed E-state index contributed by atoms with van der Waals surface area (Å²) in [6.45, 7) is 6.69. The highest BCUT2D eigenvalue weighted by molar-refractivity contribution is 7.45. The van der Waals surface area contributed by atoms with Crippen LogP contribution in [0.25, 0.3) is 0 Å². The molecule has 1 amide bonds. The second-order valence-electron chi connectivity index (χ2n) is 23.2. The summed E-state index contributed by atoms with van der Waals surface area (Å²) in [5.41, 5.74) is 0. The van der Waals surface area contributed by atoms with Crippen LogP contribution in [-0.4, -0.2) is 69.4 Å². The average Bonchev–Trinajstić information content (AvgIpc) is 3.44. The topological polar surface area (TPSA) is 114 Å². The molecule has 10 heteroatoms. The minimum absolute atomic E-state index is 0.0325. The van der Waals surface area contributed by atoms with E-state index in [-0.39, 0.29) is 24.9 Å². The molecule has 1 N–H and O–H groups in total. The van der Waals surface area contributed by atoms with Gasteiger partial charge in [0.15, 0.2) is 0 Å². The Labute approximate surface area is 500 Å². The molecule has 3 unspecified atom stereocenters. The van der Waals surface area contributed by atoms with E-state index in [1.165, 1.54) is 109 Å². The third-order valence-corrected chi connectivity index (χ3v) is 15.2. The van der Waals surface area contributed by atoms with Crippen LogP contribution in [0.5, 0.6) is 0 Å². The SMILES string of the molecule is CC/C=C\C/C=C\C/C=C\C/C=C\C/C=C\CCCCCCCC(=O)OC(/C=C/CCCCCCCCCCCCC)C(COP(=O)([O-])OCC[N+](C)(C)C)NC(=O)CCCCCCCCCC/C=C\C/C=C\C/C=C\CCCCC. The monoisotopic (exact) mass is 1150 g/mol. The Morgan fingerprint density at radius 1 is 0.444 bits per heavy atom. The lowest BCUT2D eigenvalue weighted by atomic mass is 10.0. The van der Waals surface area contributed by atoms with Crippen LogP contribution < -0.4 is 10.2 Å². The number of unbranched alkanes of at least 4 members (excludes halogenated alkanes) is 27. The van der Waals surface area contributed by atoms with Crippen molar-refractivity contribution in [3.8, 4) is 0 Å². The van der Waals surface area contributed by atoms with Crippen molar-refractivity contribution in [1.29, 1.82) is 0 Å². The lowest BCUT2D eigenvalue weighted by Crippen LogP contribution is -2.47. The maximum atomic E-state index is 13.6. The molecule has 0 aromatic heterocycles. The van der Waals surface area contributed by atoms with Crippen LogP contribution in [0.3, 0.4) is 0 Å². The van der Waals surface area contributed by atoms with E-state index in [0.717, 1.165) is 128 Å². The van der Waals surface area contributed by atoms with Crippen molar-refractivity contribution in [2.75, 3.05) is 40.9 Å². The number of hydrogen-bond donors (Lipinski definition) is 1. The lowest BCUT2D eigenvalue weighted by Gasteiger charge is -2.30. The Kier molecular flexibility index (Phi) is 57.4. The quantitative estimate of drug-likeness (QED) is 0.0212. The number of phosphoric ester groups is 1. The number of nitrogens with one attached hydrogen (secondary N) is 1. The average molecular weight is 1150 g/mol. The summed E-state index contributed by atoms with van der Waals surface area (Å²) in [6.07, 6.45) is 81.9. The summed E-state index contributed by atoms with van der Waals surface area (Å²) in [6, 6.07) is -0.908. The molecule has 3 atom stereocenters. The molecular formula is C71H125N2O7P. The predicted octanol–water partition coefficient (Wildman–Crippen LogP) is 20.3. The zero-order valence-electron chi connectivity index (χ0n) is 53.2. The van der Waals surface area contributed by atoms with E-state index in [1.54, 1.807) is 0 Å². The van der Waals surface area contributed by atoms with E-state index in [2.05, 4.69) is 123 Å². The molecule has 0 aliphatic heterocycles. The third-order valence-electron chi connectivity index (χ3n) is 14.2. The summed E-state index contributed by atoms with van der Waals surface area (Å²) in [5, 5.41) is 3.03. The van der Waals surface area contributed by atoms with Gasteiger partial charge in [-0.1, -0.05) is 259 Å². The van der Waals surface area contributed by atoms with Gasteiger partial charge in [0.05, 0.1) is 33.8 Å². The number of quaternary nitrogens is 1. The largest absolute Gasteiger partial charge is 0.756 e. The maximum absolute atomic E-state index is 13.6. The van der Waals surface area contributed by atoms with Gasteiger partial charge in [0, 0.05) is 12.8 Å². The van der Waals surface area contributed by atoms with Gasteiger partial charge in [-0.15, -0.1) is 0 Å². The van der Waals surface area contributed by atoms with Crippen molar-refractivity contribution in [1.82, 2.24) is 5.32 Å². The number of carbonyl (C=O) groups excluding carboxylic acids is 2. The van der Waals surface area contributed by atoms with Crippen LogP contribution in [0.1, 0.15) is 278 Å². The predicted molar refractivity (Wildman–Crippen MR) is 348 cm³/mol. The van der Waals surface area contributed by atoms with Crippen LogP contribution in [-0.2, 0) is 27.9 Å². The summed E-state index contributed by atoms with van der Waals surface area (Å²) in [4.78, 5) is 40.1. The number of nitrogens with zero attached hydrogens (tertiary/aromatic N) is 1. The van der Waals surface area contributed by atoms with Gasteiger partial charge in [-0.25, -0.2) is 0 Å². The molecule has 0 fully saturated rings. The van der Waals surface area contributed by atoms with E-state index in [4.69, 9.17) is 13.8 Å². The molecule has 0 aromatic rings. The number of hydrogen-bond acceptors (Lipinski definition) is 7. The normalized spacial score (nSPS) is 14.3. The maximum Gasteiger partial charge on any atom is 0.306 e. The fourth-order valence-electron chi connectivity index (χ4n) is 9.08. The first kappa shape index (κ1) is 77.7. The van der Waals surface area contributed by atoms with Gasteiger partial charge in [0.2, 0.25) is 5.91 Å². The van der Waals surface area contributed by atoms with E-state index in [9.17, 15) is 19.0 Å². The Hall–Kier alpha value is -3.33. The summed E-state index contributed by atoms with van der Waals surface area (Å²) >= 11 is 0. The first-order chi connectivity index (χ1) is 39.4. The molecule has 0 aliphatic rings. The molecule has 0 radical (unpaired) electrons. The van der Waals surface area contributed by atoms with E-state index < -0.39 is 26.6 Å². The first-order valence-corrected chi connectivity index (χ1v) is 34.7. The Bertz CT molecular complexity index is 1750. The molecule has 0 rings (SSSR count). The minimum atomic E-state index is -4.72. The second-order valence-corrected chi connectivity index (χ2v) is 24.6. The number of amides is 1. The molecule has 0 saturated heterocycles. The number of likely N-dealkylation sites (N-methyl/N-ethyl adjacent to an activating group) is 1. The molecular weight excluding hydrogens is 1020 g/mol. The zero-order valence-corrected chi connectivity index (χ0v) is 54.1. The number of phosphoric acid groups is 1. The number of rotatable bonds is 59. The Morgan fingerprint density at radius 3 is 1.21 bits per heavy atom.